The number of carbonyl (C=O) groups excluding carboxylic acids is 1. The number of aromatic nitrogens is 1. The third kappa shape index (κ3) is 3.45. The average molecular weight is 433 g/mol. The number of benzene rings is 3. The van der Waals surface area contributed by atoms with Crippen LogP contribution in [0.15, 0.2) is 66.7 Å². The highest BCUT2D eigenvalue weighted by Crippen LogP contribution is 2.39. The number of para-hydroxylation sites is 1. The Hall–Kier alpha value is -3.87. The number of hydrogen-bond donors (Lipinski definition) is 2. The molecule has 162 valence electrons. The molecule has 0 bridgehead atoms. The normalized spacial score (nSPS) is 15.5. The highest BCUT2D eigenvalue weighted by atomic mass is 19.1. The molecule has 5 rings (SSSR count). The summed E-state index contributed by atoms with van der Waals surface area (Å²) in [7, 11) is 1.59. The molecule has 0 unspecified atom stereocenters. The lowest BCUT2D eigenvalue weighted by molar-refractivity contribution is 0.193. The zero-order valence-corrected chi connectivity index (χ0v) is 17.4. The van der Waals surface area contributed by atoms with Gasteiger partial charge in [-0.1, -0.05) is 30.3 Å². The number of urea groups is 1. The van der Waals surface area contributed by atoms with Crippen molar-refractivity contribution in [2.75, 3.05) is 19.0 Å². The maximum atomic E-state index is 14.2. The minimum absolute atomic E-state index is 0.0664. The van der Waals surface area contributed by atoms with Crippen molar-refractivity contribution in [3.63, 3.8) is 0 Å². The highest BCUT2D eigenvalue weighted by Gasteiger charge is 2.35. The topological polar surface area (TPSA) is 57.4 Å². The third-order valence-electron chi connectivity index (χ3n) is 5.88. The van der Waals surface area contributed by atoms with E-state index in [0.29, 0.717) is 18.7 Å². The Morgan fingerprint density at radius 2 is 1.94 bits per heavy atom. The molecule has 1 aliphatic heterocycles. The van der Waals surface area contributed by atoms with Gasteiger partial charge in [-0.15, -0.1) is 0 Å². The minimum atomic E-state index is -0.820. The SMILES string of the molecule is COc1cccc([C@@H]2c3[nH]c4ccccc4c3CCN2C(=O)Nc2ccc(F)cc2F)c1. The molecule has 0 radical (unpaired) electrons. The fraction of sp³-hybridized carbons (Fsp3) is 0.160. The minimum Gasteiger partial charge on any atom is -0.497 e. The van der Waals surface area contributed by atoms with E-state index in [1.807, 2.05) is 42.5 Å². The summed E-state index contributed by atoms with van der Waals surface area (Å²) in [5.41, 5.74) is 3.87. The van der Waals surface area contributed by atoms with Crippen LogP contribution in [0.5, 0.6) is 5.75 Å². The molecule has 2 N–H and O–H groups in total. The maximum Gasteiger partial charge on any atom is 0.322 e. The molecule has 0 saturated heterocycles. The molecule has 32 heavy (non-hydrogen) atoms. The molecule has 0 saturated carbocycles. The average Bonchev–Trinajstić information content (AvgIpc) is 3.19. The van der Waals surface area contributed by atoms with Crippen LogP contribution in [0.25, 0.3) is 10.9 Å². The smallest absolute Gasteiger partial charge is 0.322 e. The molecule has 1 aromatic heterocycles. The Kier molecular flexibility index (Phi) is 5.01. The van der Waals surface area contributed by atoms with Crippen LogP contribution < -0.4 is 10.1 Å². The molecule has 4 aromatic rings. The van der Waals surface area contributed by atoms with Gasteiger partial charge in [-0.2, -0.15) is 0 Å². The number of amides is 2. The quantitative estimate of drug-likeness (QED) is 0.440. The van der Waals surface area contributed by atoms with Crippen LogP contribution in [0.3, 0.4) is 0 Å². The van der Waals surface area contributed by atoms with Gasteiger partial charge < -0.3 is 19.9 Å². The Labute approximate surface area is 183 Å². The van der Waals surface area contributed by atoms with Gasteiger partial charge in [0, 0.05) is 29.2 Å². The van der Waals surface area contributed by atoms with Gasteiger partial charge in [0.1, 0.15) is 17.4 Å². The number of hydrogen-bond acceptors (Lipinski definition) is 2. The second-order valence-corrected chi connectivity index (χ2v) is 7.74. The molecule has 2 heterocycles. The molecule has 0 fully saturated rings. The first-order chi connectivity index (χ1) is 15.5. The monoisotopic (exact) mass is 433 g/mol. The van der Waals surface area contributed by atoms with Gasteiger partial charge in [0.05, 0.1) is 18.8 Å². The van der Waals surface area contributed by atoms with Gasteiger partial charge in [0.2, 0.25) is 0 Å². The fourth-order valence-corrected chi connectivity index (χ4v) is 4.40. The molecule has 5 nitrogen and oxygen atoms in total. The van der Waals surface area contributed by atoms with Crippen LogP contribution in [0.4, 0.5) is 19.3 Å². The van der Waals surface area contributed by atoms with Crippen LogP contribution in [0.2, 0.25) is 0 Å². The number of H-pyrrole nitrogens is 1. The van der Waals surface area contributed by atoms with E-state index in [4.69, 9.17) is 4.74 Å². The zero-order valence-electron chi connectivity index (χ0n) is 17.4. The zero-order chi connectivity index (χ0) is 22.2. The highest BCUT2D eigenvalue weighted by molar-refractivity contribution is 5.91. The Bertz CT molecular complexity index is 1320. The Morgan fingerprint density at radius 3 is 2.75 bits per heavy atom. The van der Waals surface area contributed by atoms with Crippen LogP contribution in [-0.4, -0.2) is 29.6 Å². The molecule has 3 aromatic carbocycles. The van der Waals surface area contributed by atoms with E-state index in [1.54, 1.807) is 12.0 Å². The molecule has 0 spiro atoms. The second-order valence-electron chi connectivity index (χ2n) is 7.74. The van der Waals surface area contributed by atoms with Gasteiger partial charge in [0.25, 0.3) is 0 Å². The van der Waals surface area contributed by atoms with Crippen molar-refractivity contribution in [3.05, 3.63) is 95.2 Å². The summed E-state index contributed by atoms with van der Waals surface area (Å²) in [4.78, 5) is 18.4. The third-order valence-corrected chi connectivity index (χ3v) is 5.88. The van der Waals surface area contributed by atoms with E-state index in [2.05, 4.69) is 16.4 Å². The number of fused-ring (bicyclic) bond motifs is 3. The van der Waals surface area contributed by atoms with Crippen molar-refractivity contribution in [1.29, 1.82) is 0 Å². The summed E-state index contributed by atoms with van der Waals surface area (Å²) in [6, 6.07) is 17.8. The van der Waals surface area contributed by atoms with Gasteiger partial charge >= 0.3 is 6.03 Å². The summed E-state index contributed by atoms with van der Waals surface area (Å²) in [5.74, 6) is -0.842. The number of rotatable bonds is 3. The van der Waals surface area contributed by atoms with Gasteiger partial charge in [-0.3, -0.25) is 0 Å². The lowest BCUT2D eigenvalue weighted by Crippen LogP contribution is -2.43. The number of halogens is 2. The first-order valence-electron chi connectivity index (χ1n) is 10.3. The number of methoxy groups -OCH3 is 1. The lowest BCUT2D eigenvalue weighted by Gasteiger charge is -2.36. The first-order valence-corrected chi connectivity index (χ1v) is 10.3. The number of anilines is 1. The first kappa shape index (κ1) is 20.1. The van der Waals surface area contributed by atoms with Crippen molar-refractivity contribution in [2.24, 2.45) is 0 Å². The van der Waals surface area contributed by atoms with Crippen LogP contribution >= 0.6 is 0 Å². The lowest BCUT2D eigenvalue weighted by atomic mass is 9.92. The molecule has 1 aliphatic rings. The summed E-state index contributed by atoms with van der Waals surface area (Å²) in [5, 5.41) is 3.73. The summed E-state index contributed by atoms with van der Waals surface area (Å²) >= 11 is 0. The van der Waals surface area contributed by atoms with E-state index in [9.17, 15) is 13.6 Å². The summed E-state index contributed by atoms with van der Waals surface area (Å²) in [6.45, 7) is 0.436. The molecular formula is C25H21F2N3O2. The fourth-order valence-electron chi connectivity index (χ4n) is 4.40. The molecule has 7 heteroatoms. The number of ether oxygens (including phenoxy) is 1. The predicted octanol–water partition coefficient (Wildman–Crippen LogP) is 5.63. The molecular weight excluding hydrogens is 412 g/mol. The Morgan fingerprint density at radius 1 is 1.09 bits per heavy atom. The van der Waals surface area contributed by atoms with Gasteiger partial charge in [-0.05, 0) is 47.9 Å². The van der Waals surface area contributed by atoms with E-state index in [1.165, 1.54) is 6.07 Å². The number of aromatic amines is 1. The number of nitrogens with one attached hydrogen (secondary N) is 2. The van der Waals surface area contributed by atoms with Gasteiger partial charge in [0.15, 0.2) is 0 Å². The molecule has 2 amide bonds. The summed E-state index contributed by atoms with van der Waals surface area (Å²) < 4.78 is 32.9. The standard InChI is InChI=1S/C25H21F2N3O2/c1-32-17-6-4-5-15(13-17)24-23-19(18-7-2-3-8-21(18)28-23)11-12-30(24)25(31)29-22-10-9-16(26)14-20(22)27/h2-10,13-14,24,28H,11-12H2,1H3,(H,29,31)/t24-/m1/s1. The van der Waals surface area contributed by atoms with Gasteiger partial charge in [-0.25, -0.2) is 13.6 Å². The molecule has 0 aliphatic carbocycles. The molecule has 1 atom stereocenters. The van der Waals surface area contributed by atoms with E-state index < -0.39 is 23.7 Å². The Balaban J connectivity index is 1.58. The van der Waals surface area contributed by atoms with Crippen molar-refractivity contribution in [2.45, 2.75) is 12.5 Å². The van der Waals surface area contributed by atoms with Crippen LogP contribution in [0.1, 0.15) is 22.9 Å². The largest absolute Gasteiger partial charge is 0.497 e. The summed E-state index contributed by atoms with van der Waals surface area (Å²) in [6.07, 6.45) is 0.652. The second kappa shape index (κ2) is 8.00. The van der Waals surface area contributed by atoms with Crippen molar-refractivity contribution < 1.29 is 18.3 Å². The maximum absolute atomic E-state index is 14.2. The van der Waals surface area contributed by atoms with E-state index >= 15 is 0 Å². The van der Waals surface area contributed by atoms with E-state index in [0.717, 1.165) is 39.9 Å². The van der Waals surface area contributed by atoms with Crippen LogP contribution in [-0.2, 0) is 6.42 Å². The number of carbonyl (C=O) groups is 1. The van der Waals surface area contributed by atoms with Crippen molar-refractivity contribution in [3.8, 4) is 5.75 Å². The van der Waals surface area contributed by atoms with Crippen molar-refractivity contribution in [1.82, 2.24) is 9.88 Å². The van der Waals surface area contributed by atoms with Crippen LogP contribution in [0, 0.1) is 11.6 Å². The van der Waals surface area contributed by atoms with Crippen molar-refractivity contribution >= 4 is 22.6 Å². The predicted molar refractivity (Wildman–Crippen MR) is 119 cm³/mol. The van der Waals surface area contributed by atoms with E-state index in [-0.39, 0.29) is 5.69 Å². The number of nitrogens with zero attached hydrogens (tertiary/aromatic N) is 1.